The largest absolute Gasteiger partial charge is 0.326 e. The van der Waals surface area contributed by atoms with Crippen molar-refractivity contribution in [3.63, 3.8) is 0 Å². The van der Waals surface area contributed by atoms with E-state index in [1.165, 1.54) is 6.07 Å². The lowest BCUT2D eigenvalue weighted by Crippen LogP contribution is -2.04. The van der Waals surface area contributed by atoms with Gasteiger partial charge in [-0.15, -0.1) is 0 Å². The SMILES string of the molecule is N#Cc1cc(S(=O)(=O)Cl)cc(CN)c1F. The molecule has 2 N–H and O–H groups in total. The Morgan fingerprint density at radius 2 is 2.13 bits per heavy atom. The molecule has 1 rings (SSSR count). The summed E-state index contributed by atoms with van der Waals surface area (Å²) in [6.45, 7) is -0.208. The van der Waals surface area contributed by atoms with Gasteiger partial charge >= 0.3 is 0 Å². The first kappa shape index (κ1) is 11.9. The molecule has 0 saturated heterocycles. The fourth-order valence-electron chi connectivity index (χ4n) is 1.03. The number of hydrogen-bond donors (Lipinski definition) is 1. The summed E-state index contributed by atoms with van der Waals surface area (Å²) in [5.74, 6) is -0.816. The first-order valence-corrected chi connectivity index (χ1v) is 6.08. The fraction of sp³-hybridized carbons (Fsp3) is 0.125. The zero-order chi connectivity index (χ0) is 11.6. The molecule has 0 heterocycles. The summed E-state index contributed by atoms with van der Waals surface area (Å²) < 4.78 is 35.2. The second-order valence-electron chi connectivity index (χ2n) is 2.70. The van der Waals surface area contributed by atoms with Crippen LogP contribution in [0, 0.1) is 17.1 Å². The molecule has 0 bridgehead atoms. The smallest absolute Gasteiger partial charge is 0.261 e. The lowest BCUT2D eigenvalue weighted by Gasteiger charge is -2.04. The summed E-state index contributed by atoms with van der Waals surface area (Å²) in [4.78, 5) is -0.331. The average Bonchev–Trinajstić information content (AvgIpc) is 2.16. The third kappa shape index (κ3) is 2.45. The minimum absolute atomic E-state index is 0.0618. The van der Waals surface area contributed by atoms with Crippen LogP contribution in [-0.4, -0.2) is 8.42 Å². The van der Waals surface area contributed by atoms with Gasteiger partial charge in [-0.1, -0.05) is 0 Å². The Bertz CT molecular complexity index is 536. The highest BCUT2D eigenvalue weighted by molar-refractivity contribution is 8.13. The standard InChI is InChI=1S/C8H6ClFN2O2S/c9-15(13,14)7-1-5(3-11)8(10)6(2-7)4-12/h1-2H,3,11H2. The highest BCUT2D eigenvalue weighted by Gasteiger charge is 2.16. The van der Waals surface area contributed by atoms with Crippen LogP contribution in [0.4, 0.5) is 4.39 Å². The van der Waals surface area contributed by atoms with Crippen molar-refractivity contribution in [2.75, 3.05) is 0 Å². The molecule has 4 nitrogen and oxygen atoms in total. The molecule has 0 saturated carbocycles. The first-order valence-electron chi connectivity index (χ1n) is 3.77. The van der Waals surface area contributed by atoms with E-state index in [-0.39, 0.29) is 17.0 Å². The molecule has 0 aliphatic rings. The minimum Gasteiger partial charge on any atom is -0.326 e. The van der Waals surface area contributed by atoms with Gasteiger partial charge in [0.1, 0.15) is 11.9 Å². The molecule has 0 spiro atoms. The van der Waals surface area contributed by atoms with E-state index in [0.717, 1.165) is 12.1 Å². The van der Waals surface area contributed by atoms with E-state index >= 15 is 0 Å². The van der Waals surface area contributed by atoms with E-state index in [1.807, 2.05) is 0 Å². The summed E-state index contributed by atoms with van der Waals surface area (Å²) in [5, 5.41) is 8.56. The molecule has 7 heteroatoms. The predicted molar refractivity (Wildman–Crippen MR) is 52.0 cm³/mol. The van der Waals surface area contributed by atoms with E-state index in [1.54, 1.807) is 0 Å². The molecule has 0 atom stereocenters. The molecule has 1 aromatic carbocycles. The maximum Gasteiger partial charge on any atom is 0.261 e. The minimum atomic E-state index is -3.99. The Labute approximate surface area is 90.5 Å². The topological polar surface area (TPSA) is 84.0 Å². The average molecular weight is 249 g/mol. The van der Waals surface area contributed by atoms with Crippen LogP contribution in [0.1, 0.15) is 11.1 Å². The number of halogens is 2. The van der Waals surface area contributed by atoms with Crippen LogP contribution in [0.25, 0.3) is 0 Å². The van der Waals surface area contributed by atoms with Crippen molar-refractivity contribution in [2.24, 2.45) is 5.73 Å². The number of nitrogens with zero attached hydrogens (tertiary/aromatic N) is 1. The summed E-state index contributed by atoms with van der Waals surface area (Å²) in [7, 11) is 1.08. The van der Waals surface area contributed by atoms with Crippen LogP contribution in [0.2, 0.25) is 0 Å². The predicted octanol–water partition coefficient (Wildman–Crippen LogP) is 1.08. The fourth-order valence-corrected chi connectivity index (χ4v) is 1.83. The van der Waals surface area contributed by atoms with Crippen molar-refractivity contribution < 1.29 is 12.8 Å². The number of nitrogens with two attached hydrogens (primary N) is 1. The molecule has 0 radical (unpaired) electrons. The second-order valence-corrected chi connectivity index (χ2v) is 5.26. The van der Waals surface area contributed by atoms with E-state index in [9.17, 15) is 12.8 Å². The second kappa shape index (κ2) is 4.14. The molecule has 15 heavy (non-hydrogen) atoms. The lowest BCUT2D eigenvalue weighted by atomic mass is 10.1. The van der Waals surface area contributed by atoms with E-state index < -0.39 is 20.4 Å². The maximum atomic E-state index is 13.3. The van der Waals surface area contributed by atoms with Gasteiger partial charge in [0.2, 0.25) is 0 Å². The van der Waals surface area contributed by atoms with Gasteiger partial charge in [0.05, 0.1) is 10.5 Å². The van der Waals surface area contributed by atoms with Gasteiger partial charge in [-0.2, -0.15) is 5.26 Å². The number of rotatable bonds is 2. The molecule has 0 aliphatic carbocycles. The zero-order valence-corrected chi connectivity index (χ0v) is 8.94. The third-order valence-electron chi connectivity index (χ3n) is 1.74. The Balaban J connectivity index is 3.56. The summed E-state index contributed by atoms with van der Waals surface area (Å²) in [5.41, 5.74) is 4.75. The van der Waals surface area contributed by atoms with Crippen molar-refractivity contribution in [3.8, 4) is 6.07 Å². The van der Waals surface area contributed by atoms with Crippen LogP contribution in [0.15, 0.2) is 17.0 Å². The Morgan fingerprint density at radius 3 is 2.53 bits per heavy atom. The van der Waals surface area contributed by atoms with Gasteiger partial charge in [0, 0.05) is 22.8 Å². The third-order valence-corrected chi connectivity index (χ3v) is 3.08. The monoisotopic (exact) mass is 248 g/mol. The van der Waals surface area contributed by atoms with Crippen molar-refractivity contribution in [1.29, 1.82) is 5.26 Å². The molecule has 0 amide bonds. The molecule has 0 aliphatic heterocycles. The van der Waals surface area contributed by atoms with E-state index in [2.05, 4.69) is 0 Å². The van der Waals surface area contributed by atoms with E-state index in [4.69, 9.17) is 21.7 Å². The van der Waals surface area contributed by atoms with Crippen molar-refractivity contribution >= 4 is 19.7 Å². The molecule has 1 aromatic rings. The summed E-state index contributed by atoms with van der Waals surface area (Å²) in [6.07, 6.45) is 0. The normalized spacial score (nSPS) is 11.1. The van der Waals surface area contributed by atoms with Gasteiger partial charge in [0.25, 0.3) is 9.05 Å². The van der Waals surface area contributed by atoms with Crippen LogP contribution in [-0.2, 0) is 15.6 Å². The van der Waals surface area contributed by atoms with E-state index in [0.29, 0.717) is 0 Å². The maximum absolute atomic E-state index is 13.3. The zero-order valence-electron chi connectivity index (χ0n) is 7.37. The highest BCUT2D eigenvalue weighted by Crippen LogP contribution is 2.21. The quantitative estimate of drug-likeness (QED) is 0.794. The molecule has 80 valence electrons. The molecular formula is C8H6ClFN2O2S. The van der Waals surface area contributed by atoms with Gasteiger partial charge in [-0.25, -0.2) is 12.8 Å². The summed E-state index contributed by atoms with van der Waals surface area (Å²) in [6, 6.07) is 3.41. The molecular weight excluding hydrogens is 243 g/mol. The Hall–Kier alpha value is -1.16. The number of hydrogen-bond acceptors (Lipinski definition) is 4. The van der Waals surface area contributed by atoms with Gasteiger partial charge in [0.15, 0.2) is 0 Å². The van der Waals surface area contributed by atoms with Gasteiger partial charge < -0.3 is 5.73 Å². The van der Waals surface area contributed by atoms with Crippen LogP contribution in [0.5, 0.6) is 0 Å². The van der Waals surface area contributed by atoms with Gasteiger partial charge in [-0.3, -0.25) is 0 Å². The Morgan fingerprint density at radius 1 is 1.53 bits per heavy atom. The van der Waals surface area contributed by atoms with Gasteiger partial charge in [-0.05, 0) is 12.1 Å². The van der Waals surface area contributed by atoms with Crippen LogP contribution >= 0.6 is 10.7 Å². The van der Waals surface area contributed by atoms with Crippen molar-refractivity contribution in [1.82, 2.24) is 0 Å². The lowest BCUT2D eigenvalue weighted by molar-refractivity contribution is 0.599. The molecule has 0 aromatic heterocycles. The highest BCUT2D eigenvalue weighted by atomic mass is 35.7. The first-order chi connectivity index (χ1) is 6.90. The molecule has 0 fully saturated rings. The van der Waals surface area contributed by atoms with Crippen LogP contribution in [0.3, 0.4) is 0 Å². The van der Waals surface area contributed by atoms with Crippen molar-refractivity contribution in [3.05, 3.63) is 29.1 Å². The van der Waals surface area contributed by atoms with Crippen LogP contribution < -0.4 is 5.73 Å². The molecule has 0 unspecified atom stereocenters. The Kier molecular flexibility index (Phi) is 3.29. The van der Waals surface area contributed by atoms with Crippen molar-refractivity contribution in [2.45, 2.75) is 11.4 Å². The number of nitriles is 1. The number of benzene rings is 1. The summed E-state index contributed by atoms with van der Waals surface area (Å²) >= 11 is 0.